The minimum atomic E-state index is -0.886. The van der Waals surface area contributed by atoms with Crippen LogP contribution in [-0.2, 0) is 22.6 Å². The summed E-state index contributed by atoms with van der Waals surface area (Å²) in [4.78, 5) is 32.9. The molecule has 1 aliphatic rings. The maximum atomic E-state index is 11.9. The number of benzene rings is 1. The Labute approximate surface area is 193 Å². The molecule has 3 N–H and O–H groups in total. The van der Waals surface area contributed by atoms with Crippen molar-refractivity contribution in [2.45, 2.75) is 46.5 Å². The highest BCUT2D eigenvalue weighted by Gasteiger charge is 2.22. The lowest BCUT2D eigenvalue weighted by molar-refractivity contribution is -0.139. The number of aryl methyl sites for hydroxylation is 1. The number of fused-ring (bicyclic) bond motifs is 1. The van der Waals surface area contributed by atoms with E-state index in [1.807, 2.05) is 24.3 Å². The zero-order valence-electron chi connectivity index (χ0n) is 18.6. The number of aromatic nitrogens is 3. The van der Waals surface area contributed by atoms with Crippen molar-refractivity contribution in [3.05, 3.63) is 51.9 Å². The Bertz CT molecular complexity index is 1190. The summed E-state index contributed by atoms with van der Waals surface area (Å²) in [6, 6.07) is 7.19. The number of imidazole rings is 1. The number of hydrogen-bond donors (Lipinski definition) is 3. The molecule has 1 saturated heterocycles. The average molecular weight is 456 g/mol. The van der Waals surface area contributed by atoms with E-state index in [9.17, 15) is 9.59 Å². The van der Waals surface area contributed by atoms with Crippen molar-refractivity contribution in [2.24, 2.45) is 0 Å². The van der Waals surface area contributed by atoms with Crippen molar-refractivity contribution < 1.29 is 14.6 Å². The van der Waals surface area contributed by atoms with Gasteiger partial charge in [-0.15, -0.1) is 0 Å². The Hall–Kier alpha value is -3.01. The Morgan fingerprint density at radius 3 is 2.88 bits per heavy atom. The molecular formula is C24H33N5O4. The van der Waals surface area contributed by atoms with Crippen molar-refractivity contribution in [3.63, 3.8) is 0 Å². The van der Waals surface area contributed by atoms with E-state index in [0.717, 1.165) is 41.1 Å². The lowest BCUT2D eigenvalue weighted by Gasteiger charge is -2.30. The number of H-pyrrole nitrogens is 1. The normalized spacial score (nSPS) is 17.6. The first-order chi connectivity index (χ1) is 15.3. The van der Waals surface area contributed by atoms with Gasteiger partial charge in [0.1, 0.15) is 11.9 Å². The molecule has 0 spiro atoms. The lowest BCUT2D eigenvalue weighted by Crippen LogP contribution is -2.42. The number of aliphatic carboxylic acids is 1. The Balaban J connectivity index is 0.00000306. The van der Waals surface area contributed by atoms with Crippen molar-refractivity contribution >= 4 is 17.0 Å². The molecule has 1 aliphatic heterocycles. The monoisotopic (exact) mass is 455 g/mol. The van der Waals surface area contributed by atoms with Gasteiger partial charge in [0.25, 0.3) is 5.56 Å². The first-order valence-electron chi connectivity index (χ1n) is 10.8. The second-order valence-electron chi connectivity index (χ2n) is 8.47. The molecule has 0 aliphatic carbocycles. The number of pyridine rings is 1. The van der Waals surface area contributed by atoms with Gasteiger partial charge in [0.2, 0.25) is 0 Å². The van der Waals surface area contributed by atoms with E-state index in [0.29, 0.717) is 25.3 Å². The predicted molar refractivity (Wildman–Crippen MR) is 128 cm³/mol. The summed E-state index contributed by atoms with van der Waals surface area (Å²) in [5, 5.41) is 12.1. The molecule has 2 aromatic heterocycles. The zero-order valence-corrected chi connectivity index (χ0v) is 18.6. The molecule has 1 fully saturated rings. The van der Waals surface area contributed by atoms with Crippen LogP contribution in [0.1, 0.15) is 25.5 Å². The van der Waals surface area contributed by atoms with E-state index in [2.05, 4.69) is 26.8 Å². The van der Waals surface area contributed by atoms with Gasteiger partial charge in [-0.25, -0.2) is 4.98 Å². The van der Waals surface area contributed by atoms with Crippen molar-refractivity contribution in [1.82, 2.24) is 24.8 Å². The van der Waals surface area contributed by atoms with Crippen LogP contribution in [-0.4, -0.2) is 69.4 Å². The van der Waals surface area contributed by atoms with E-state index in [-0.39, 0.29) is 19.1 Å². The third-order valence-corrected chi connectivity index (χ3v) is 5.87. The third-order valence-electron chi connectivity index (χ3n) is 5.87. The third kappa shape index (κ3) is 5.50. The number of aromatic amines is 1. The molecule has 33 heavy (non-hydrogen) atoms. The molecule has 9 nitrogen and oxygen atoms in total. The summed E-state index contributed by atoms with van der Waals surface area (Å²) < 4.78 is 8.14. The van der Waals surface area contributed by atoms with Gasteiger partial charge in [0, 0.05) is 37.0 Å². The molecule has 0 bridgehead atoms. The van der Waals surface area contributed by atoms with Crippen LogP contribution in [0.2, 0.25) is 0 Å². The van der Waals surface area contributed by atoms with Crippen LogP contribution in [0.3, 0.4) is 0 Å². The summed E-state index contributed by atoms with van der Waals surface area (Å²) in [7, 11) is 2.09. The Morgan fingerprint density at radius 1 is 1.39 bits per heavy atom. The number of hydrogen-bond acceptors (Lipinski definition) is 6. The molecule has 3 aromatic rings. The number of rotatable bonds is 7. The molecule has 1 unspecified atom stereocenters. The van der Waals surface area contributed by atoms with Crippen LogP contribution in [0, 0.1) is 6.92 Å². The fraction of sp³-hybridized carbons (Fsp3) is 0.458. The molecule has 1 aromatic carbocycles. The van der Waals surface area contributed by atoms with Crippen LogP contribution in [0.5, 0.6) is 0 Å². The number of carboxylic acid groups (broad SMARTS) is 1. The van der Waals surface area contributed by atoms with Crippen LogP contribution >= 0.6 is 0 Å². The standard InChI is InChI=1S/C23H29N5O4.CH4/c1-14-8-17(11-25-22(14)29)21-26-19-9-16(10-24-15(2)23(30)31)4-5-20(19)28(21)13-18-12-27(3)6-7-32-18;/h4-5,8-9,11,15,18,24H,6-7,10,12-13H2,1-3H3,(H,25,29)(H,30,31);1H4/t15-,18?;/m0./s1. The van der Waals surface area contributed by atoms with E-state index in [1.54, 1.807) is 20.0 Å². The van der Waals surface area contributed by atoms with Gasteiger partial charge in [-0.3, -0.25) is 9.59 Å². The summed E-state index contributed by atoms with van der Waals surface area (Å²) in [6.45, 7) is 6.91. The fourth-order valence-corrected chi connectivity index (χ4v) is 3.96. The van der Waals surface area contributed by atoms with Gasteiger partial charge in [-0.1, -0.05) is 13.5 Å². The summed E-state index contributed by atoms with van der Waals surface area (Å²) in [6.07, 6.45) is 1.73. The number of ether oxygens (including phenoxy) is 1. The smallest absolute Gasteiger partial charge is 0.320 e. The number of morpholine rings is 1. The largest absolute Gasteiger partial charge is 0.480 e. The van der Waals surface area contributed by atoms with Crippen molar-refractivity contribution in [1.29, 1.82) is 0 Å². The SMILES string of the molecule is C.Cc1cc(-c2nc3cc(CN[C@@H](C)C(=O)O)ccc3n2CC2CN(C)CCO2)c[nH]c1=O. The number of likely N-dealkylation sites (N-methyl/N-ethyl adjacent to an activating group) is 1. The van der Waals surface area contributed by atoms with Gasteiger partial charge in [0.15, 0.2) is 0 Å². The number of carboxylic acids is 1. The van der Waals surface area contributed by atoms with Gasteiger partial charge < -0.3 is 29.6 Å². The Morgan fingerprint density at radius 2 is 2.18 bits per heavy atom. The quantitative estimate of drug-likeness (QED) is 0.501. The highest BCUT2D eigenvalue weighted by molar-refractivity contribution is 5.81. The molecule has 178 valence electrons. The van der Waals surface area contributed by atoms with Crippen LogP contribution in [0.25, 0.3) is 22.4 Å². The number of nitrogens with zero attached hydrogens (tertiary/aromatic N) is 3. The Kier molecular flexibility index (Phi) is 7.68. The summed E-state index contributed by atoms with van der Waals surface area (Å²) in [5.41, 5.74) is 4.08. The first-order valence-corrected chi connectivity index (χ1v) is 10.8. The van der Waals surface area contributed by atoms with Gasteiger partial charge in [-0.05, 0) is 44.7 Å². The van der Waals surface area contributed by atoms with E-state index < -0.39 is 12.0 Å². The number of carbonyl (C=O) groups is 1. The second kappa shape index (κ2) is 10.3. The number of nitrogens with one attached hydrogen (secondary N) is 2. The lowest BCUT2D eigenvalue weighted by atomic mass is 10.2. The summed E-state index contributed by atoms with van der Waals surface area (Å²) >= 11 is 0. The fourth-order valence-electron chi connectivity index (χ4n) is 3.96. The maximum Gasteiger partial charge on any atom is 0.320 e. The molecule has 0 radical (unpaired) electrons. The molecule has 2 atom stereocenters. The van der Waals surface area contributed by atoms with Crippen LogP contribution < -0.4 is 10.9 Å². The average Bonchev–Trinajstić information content (AvgIpc) is 3.11. The van der Waals surface area contributed by atoms with Crippen molar-refractivity contribution in [2.75, 3.05) is 26.7 Å². The van der Waals surface area contributed by atoms with Crippen LogP contribution in [0.4, 0.5) is 0 Å². The second-order valence-corrected chi connectivity index (χ2v) is 8.47. The van der Waals surface area contributed by atoms with E-state index in [4.69, 9.17) is 14.8 Å². The molecule has 9 heteroatoms. The van der Waals surface area contributed by atoms with Crippen molar-refractivity contribution in [3.8, 4) is 11.4 Å². The minimum absolute atomic E-state index is 0. The molecule has 3 heterocycles. The van der Waals surface area contributed by atoms with Gasteiger partial charge in [0.05, 0.1) is 30.3 Å². The van der Waals surface area contributed by atoms with Crippen LogP contribution in [0.15, 0.2) is 35.3 Å². The predicted octanol–water partition coefficient (Wildman–Crippen LogP) is 2.23. The van der Waals surface area contributed by atoms with Gasteiger partial charge in [-0.2, -0.15) is 0 Å². The van der Waals surface area contributed by atoms with Gasteiger partial charge >= 0.3 is 5.97 Å². The van der Waals surface area contributed by atoms with E-state index >= 15 is 0 Å². The highest BCUT2D eigenvalue weighted by Crippen LogP contribution is 2.26. The molecule has 4 rings (SSSR count). The maximum absolute atomic E-state index is 11.9. The molecule has 0 amide bonds. The highest BCUT2D eigenvalue weighted by atomic mass is 16.5. The molecule has 0 saturated carbocycles. The first kappa shape index (κ1) is 24.6. The summed E-state index contributed by atoms with van der Waals surface area (Å²) in [5.74, 6) is -0.122. The molecular weight excluding hydrogens is 422 g/mol. The van der Waals surface area contributed by atoms with E-state index in [1.165, 1.54) is 0 Å². The zero-order chi connectivity index (χ0) is 22.8. The topological polar surface area (TPSA) is 112 Å². The minimum Gasteiger partial charge on any atom is -0.480 e.